The van der Waals surface area contributed by atoms with Crippen LogP contribution in [0.25, 0.3) is 0 Å². The highest BCUT2D eigenvalue weighted by molar-refractivity contribution is 6.01. The fourth-order valence-corrected chi connectivity index (χ4v) is 3.56. The molecule has 2 aliphatic heterocycles. The Kier molecular flexibility index (Phi) is 5.96. The van der Waals surface area contributed by atoms with Crippen molar-refractivity contribution >= 4 is 35.1 Å². The fourth-order valence-electron chi connectivity index (χ4n) is 3.56. The van der Waals surface area contributed by atoms with Crippen molar-refractivity contribution in [2.24, 2.45) is 11.8 Å². The van der Waals surface area contributed by atoms with E-state index in [0.29, 0.717) is 11.4 Å². The van der Waals surface area contributed by atoms with Gasteiger partial charge in [0.25, 0.3) is 0 Å². The molecule has 2 saturated heterocycles. The number of benzene rings is 1. The highest BCUT2D eigenvalue weighted by atomic mass is 16.5. The van der Waals surface area contributed by atoms with Crippen LogP contribution < -0.4 is 9.80 Å². The lowest BCUT2D eigenvalue weighted by Crippen LogP contribution is -2.27. The maximum absolute atomic E-state index is 12.3. The summed E-state index contributed by atoms with van der Waals surface area (Å²) in [5.74, 6) is -1.91. The first-order chi connectivity index (χ1) is 13.4. The minimum absolute atomic E-state index is 0.131. The number of carbonyl (C=O) groups excluding carboxylic acids is 4. The number of hydrogen-bond donors (Lipinski definition) is 0. The molecule has 2 amide bonds. The molecule has 2 aliphatic rings. The summed E-state index contributed by atoms with van der Waals surface area (Å²) in [5, 5.41) is 0. The van der Waals surface area contributed by atoms with Crippen LogP contribution >= 0.6 is 0 Å². The van der Waals surface area contributed by atoms with E-state index in [1.165, 1.54) is 0 Å². The Hall–Kier alpha value is -2.90. The molecule has 3 rings (SSSR count). The van der Waals surface area contributed by atoms with Gasteiger partial charge in [-0.25, -0.2) is 0 Å². The molecule has 1 aromatic carbocycles. The molecule has 0 spiro atoms. The van der Waals surface area contributed by atoms with Crippen molar-refractivity contribution in [1.29, 1.82) is 0 Å². The van der Waals surface area contributed by atoms with Crippen LogP contribution in [0.2, 0.25) is 0 Å². The molecular formula is C20H24N2O6. The summed E-state index contributed by atoms with van der Waals surface area (Å²) in [7, 11) is 0. The Bertz CT molecular complexity index is 710. The van der Waals surface area contributed by atoms with Crippen molar-refractivity contribution in [3.63, 3.8) is 0 Å². The van der Waals surface area contributed by atoms with Crippen LogP contribution in [0.4, 0.5) is 11.4 Å². The van der Waals surface area contributed by atoms with E-state index in [4.69, 9.17) is 9.47 Å². The van der Waals surface area contributed by atoms with E-state index in [9.17, 15) is 19.2 Å². The predicted molar refractivity (Wildman–Crippen MR) is 101 cm³/mol. The number of amides is 2. The minimum atomic E-state index is -0.461. The normalized spacial score (nSPS) is 21.9. The second-order valence-corrected chi connectivity index (χ2v) is 6.83. The molecule has 2 heterocycles. The van der Waals surface area contributed by atoms with E-state index in [1.807, 2.05) is 0 Å². The first kappa shape index (κ1) is 19.9. The van der Waals surface area contributed by atoms with Crippen molar-refractivity contribution in [2.75, 3.05) is 36.1 Å². The van der Waals surface area contributed by atoms with Crippen LogP contribution in [0.5, 0.6) is 0 Å². The first-order valence-electron chi connectivity index (χ1n) is 9.48. The Morgan fingerprint density at radius 1 is 0.821 bits per heavy atom. The number of hydrogen-bond acceptors (Lipinski definition) is 6. The first-order valence-corrected chi connectivity index (χ1v) is 9.48. The van der Waals surface area contributed by atoms with Gasteiger partial charge in [0.05, 0.1) is 25.0 Å². The molecule has 0 unspecified atom stereocenters. The van der Waals surface area contributed by atoms with Gasteiger partial charge in [-0.1, -0.05) is 0 Å². The van der Waals surface area contributed by atoms with Gasteiger partial charge in [-0.15, -0.1) is 0 Å². The molecule has 0 aromatic heterocycles. The third-order valence-corrected chi connectivity index (χ3v) is 4.96. The molecule has 0 radical (unpaired) electrons. The molecule has 0 aliphatic carbocycles. The second-order valence-electron chi connectivity index (χ2n) is 6.83. The number of esters is 2. The number of anilines is 2. The summed E-state index contributed by atoms with van der Waals surface area (Å²) >= 11 is 0. The van der Waals surface area contributed by atoms with Gasteiger partial charge in [-0.05, 0) is 38.1 Å². The highest BCUT2D eigenvalue weighted by Gasteiger charge is 2.37. The Morgan fingerprint density at radius 3 is 1.50 bits per heavy atom. The summed E-state index contributed by atoms with van der Waals surface area (Å²) in [6.45, 7) is 4.60. The molecule has 150 valence electrons. The van der Waals surface area contributed by atoms with E-state index < -0.39 is 11.8 Å². The lowest BCUT2D eigenvalue weighted by molar-refractivity contribution is -0.148. The van der Waals surface area contributed by atoms with Gasteiger partial charge in [-0.2, -0.15) is 0 Å². The lowest BCUT2D eigenvalue weighted by atomic mass is 10.1. The van der Waals surface area contributed by atoms with E-state index in [-0.39, 0.29) is 62.9 Å². The number of nitrogens with zero attached hydrogens (tertiary/aromatic N) is 2. The molecule has 0 N–H and O–H groups in total. The minimum Gasteiger partial charge on any atom is -0.466 e. The molecule has 2 atom stereocenters. The van der Waals surface area contributed by atoms with Crippen LogP contribution in [0, 0.1) is 11.8 Å². The average molecular weight is 388 g/mol. The highest BCUT2D eigenvalue weighted by Crippen LogP contribution is 2.30. The number of carbonyl (C=O) groups is 4. The smallest absolute Gasteiger partial charge is 0.311 e. The largest absolute Gasteiger partial charge is 0.466 e. The summed E-state index contributed by atoms with van der Waals surface area (Å²) in [5.41, 5.74) is 1.32. The summed E-state index contributed by atoms with van der Waals surface area (Å²) in [6.07, 6.45) is 0.263. The van der Waals surface area contributed by atoms with Crippen LogP contribution in [0.3, 0.4) is 0 Å². The van der Waals surface area contributed by atoms with Gasteiger partial charge in [0.2, 0.25) is 11.8 Å². The molecule has 0 saturated carbocycles. The van der Waals surface area contributed by atoms with Crippen LogP contribution in [0.15, 0.2) is 24.3 Å². The maximum Gasteiger partial charge on any atom is 0.311 e. The number of ether oxygens (including phenoxy) is 2. The van der Waals surface area contributed by atoms with E-state index in [2.05, 4.69) is 0 Å². The van der Waals surface area contributed by atoms with Crippen molar-refractivity contribution in [1.82, 2.24) is 0 Å². The van der Waals surface area contributed by atoms with Gasteiger partial charge in [0, 0.05) is 37.3 Å². The average Bonchev–Trinajstić information content (AvgIpc) is 3.25. The monoisotopic (exact) mass is 388 g/mol. The van der Waals surface area contributed by atoms with Gasteiger partial charge in [0.1, 0.15) is 0 Å². The van der Waals surface area contributed by atoms with Crippen molar-refractivity contribution in [3.8, 4) is 0 Å². The van der Waals surface area contributed by atoms with E-state index >= 15 is 0 Å². The third kappa shape index (κ3) is 4.00. The van der Waals surface area contributed by atoms with Crippen LogP contribution in [0.1, 0.15) is 26.7 Å². The standard InChI is InChI=1S/C20H24N2O6/c1-3-27-19(25)13-9-17(23)21(11-13)15-5-7-16(8-6-15)22-12-14(10-18(22)24)20(26)28-4-2/h5-8,13-14H,3-4,9-12H2,1-2H3/t13-,14-/m1/s1. The fraction of sp³-hybridized carbons (Fsp3) is 0.500. The Balaban J connectivity index is 1.67. The summed E-state index contributed by atoms with van der Waals surface area (Å²) < 4.78 is 10.0. The van der Waals surface area contributed by atoms with E-state index in [0.717, 1.165) is 0 Å². The van der Waals surface area contributed by atoms with Gasteiger partial charge >= 0.3 is 11.9 Å². The Morgan fingerprint density at radius 2 is 1.18 bits per heavy atom. The van der Waals surface area contributed by atoms with Gasteiger partial charge in [-0.3, -0.25) is 19.2 Å². The van der Waals surface area contributed by atoms with Crippen molar-refractivity contribution in [3.05, 3.63) is 24.3 Å². The Labute approximate surface area is 163 Å². The van der Waals surface area contributed by atoms with E-state index in [1.54, 1.807) is 47.9 Å². The zero-order valence-electron chi connectivity index (χ0n) is 16.1. The maximum atomic E-state index is 12.3. The lowest BCUT2D eigenvalue weighted by Gasteiger charge is -2.20. The molecule has 1 aromatic rings. The van der Waals surface area contributed by atoms with Gasteiger partial charge < -0.3 is 19.3 Å². The zero-order valence-corrected chi connectivity index (χ0v) is 16.1. The van der Waals surface area contributed by atoms with Crippen molar-refractivity contribution in [2.45, 2.75) is 26.7 Å². The SMILES string of the molecule is CCOC(=O)[C@@H]1CC(=O)N(c2ccc(N3C[C@H](C(=O)OCC)CC3=O)cc2)C1. The quantitative estimate of drug-likeness (QED) is 0.686. The predicted octanol–water partition coefficient (Wildman–Crippen LogP) is 1.52. The molecule has 8 nitrogen and oxygen atoms in total. The number of rotatable bonds is 6. The molecule has 8 heteroatoms. The van der Waals surface area contributed by atoms with Gasteiger partial charge in [0.15, 0.2) is 0 Å². The molecule has 2 fully saturated rings. The third-order valence-electron chi connectivity index (χ3n) is 4.96. The summed E-state index contributed by atoms with van der Waals surface area (Å²) in [6, 6.07) is 6.97. The van der Waals surface area contributed by atoms with Crippen LogP contribution in [-0.2, 0) is 28.7 Å². The van der Waals surface area contributed by atoms with Crippen LogP contribution in [-0.4, -0.2) is 50.1 Å². The summed E-state index contributed by atoms with van der Waals surface area (Å²) in [4.78, 5) is 51.4. The molecule has 0 bridgehead atoms. The molecular weight excluding hydrogens is 364 g/mol. The zero-order chi connectivity index (χ0) is 20.3. The van der Waals surface area contributed by atoms with Crippen molar-refractivity contribution < 1.29 is 28.7 Å². The molecule has 28 heavy (non-hydrogen) atoms. The second kappa shape index (κ2) is 8.41. The topological polar surface area (TPSA) is 93.2 Å².